The summed E-state index contributed by atoms with van der Waals surface area (Å²) in [7, 11) is 0. The van der Waals surface area contributed by atoms with Crippen LogP contribution in [-0.4, -0.2) is 12.4 Å². The van der Waals surface area contributed by atoms with Gasteiger partial charge in [0.2, 0.25) is 0 Å². The third-order valence-corrected chi connectivity index (χ3v) is 4.64. The number of thioether (sulfide) groups is 1. The Bertz CT molecular complexity index is 531. The fourth-order valence-corrected chi connectivity index (χ4v) is 3.24. The maximum Gasteiger partial charge on any atom is 0.125 e. The largest absolute Gasteiger partial charge is 0.492 e. The van der Waals surface area contributed by atoms with Crippen molar-refractivity contribution in [3.05, 3.63) is 59.2 Å². The van der Waals surface area contributed by atoms with Gasteiger partial charge in [-0.3, -0.25) is 0 Å². The summed E-state index contributed by atoms with van der Waals surface area (Å²) in [6.07, 6.45) is 0. The number of benzene rings is 2. The Labute approximate surface area is 133 Å². The van der Waals surface area contributed by atoms with E-state index in [1.165, 1.54) is 21.6 Å². The van der Waals surface area contributed by atoms with Gasteiger partial charge in [0, 0.05) is 16.0 Å². The van der Waals surface area contributed by atoms with Crippen LogP contribution >= 0.6 is 27.7 Å². The molecule has 106 valence electrons. The number of aryl methyl sites for hydroxylation is 2. The van der Waals surface area contributed by atoms with E-state index in [2.05, 4.69) is 66.2 Å². The fraction of sp³-hybridized carbons (Fsp3) is 0.294. The first-order valence-electron chi connectivity index (χ1n) is 6.67. The van der Waals surface area contributed by atoms with Crippen LogP contribution in [0.4, 0.5) is 0 Å². The molecule has 0 atom stereocenters. The molecular weight excluding hydrogens is 332 g/mol. The minimum absolute atomic E-state index is 0.731. The van der Waals surface area contributed by atoms with E-state index in [0.717, 1.165) is 23.4 Å². The first-order chi connectivity index (χ1) is 9.70. The number of ether oxygens (including phenoxy) is 1. The smallest absolute Gasteiger partial charge is 0.125 e. The topological polar surface area (TPSA) is 9.23 Å². The quantitative estimate of drug-likeness (QED) is 0.393. The summed E-state index contributed by atoms with van der Waals surface area (Å²) in [6, 6.07) is 14.8. The zero-order chi connectivity index (χ0) is 14.4. The van der Waals surface area contributed by atoms with Crippen LogP contribution in [0.25, 0.3) is 0 Å². The number of alkyl halides is 1. The molecule has 0 aliphatic rings. The first kappa shape index (κ1) is 15.5. The molecule has 0 fully saturated rings. The van der Waals surface area contributed by atoms with Crippen LogP contribution < -0.4 is 4.74 Å². The van der Waals surface area contributed by atoms with Gasteiger partial charge in [-0.1, -0.05) is 46.3 Å². The zero-order valence-electron chi connectivity index (χ0n) is 11.9. The van der Waals surface area contributed by atoms with Gasteiger partial charge in [-0.15, -0.1) is 11.8 Å². The highest BCUT2D eigenvalue weighted by Gasteiger charge is 2.06. The summed E-state index contributed by atoms with van der Waals surface area (Å²) < 4.78 is 5.95. The molecule has 2 aromatic rings. The first-order valence-corrected chi connectivity index (χ1v) is 8.78. The number of halogens is 1. The van der Waals surface area contributed by atoms with Crippen molar-refractivity contribution in [3.8, 4) is 5.75 Å². The summed E-state index contributed by atoms with van der Waals surface area (Å²) in [5.74, 6) is 1.99. The second kappa shape index (κ2) is 7.75. The Morgan fingerprint density at radius 1 is 1.05 bits per heavy atom. The Morgan fingerprint density at radius 2 is 1.70 bits per heavy atom. The summed E-state index contributed by atoms with van der Waals surface area (Å²) in [6.45, 7) is 4.95. The molecule has 0 bridgehead atoms. The lowest BCUT2D eigenvalue weighted by atomic mass is 10.1. The minimum atomic E-state index is 0.731. The fourth-order valence-electron chi connectivity index (χ4n) is 2.16. The summed E-state index contributed by atoms with van der Waals surface area (Å²) >= 11 is 5.32. The van der Waals surface area contributed by atoms with Gasteiger partial charge in [0.25, 0.3) is 0 Å². The van der Waals surface area contributed by atoms with E-state index in [1.54, 1.807) is 0 Å². The highest BCUT2D eigenvalue weighted by molar-refractivity contribution is 9.08. The molecule has 0 heterocycles. The minimum Gasteiger partial charge on any atom is -0.492 e. The molecule has 0 aromatic heterocycles. The molecule has 0 aliphatic heterocycles. The maximum atomic E-state index is 5.95. The van der Waals surface area contributed by atoms with E-state index in [0.29, 0.717) is 0 Å². The van der Waals surface area contributed by atoms with Crippen molar-refractivity contribution >= 4 is 27.7 Å². The average molecular weight is 351 g/mol. The van der Waals surface area contributed by atoms with Crippen molar-refractivity contribution < 1.29 is 4.74 Å². The molecule has 0 N–H and O–H groups in total. The predicted molar refractivity (Wildman–Crippen MR) is 91.2 cm³/mol. The molecule has 20 heavy (non-hydrogen) atoms. The summed E-state index contributed by atoms with van der Waals surface area (Å²) in [5.41, 5.74) is 3.72. The molecule has 0 amide bonds. The van der Waals surface area contributed by atoms with E-state index < -0.39 is 0 Å². The predicted octanol–water partition coefficient (Wildman–Crippen LogP) is 5.37. The molecule has 0 unspecified atom stereocenters. The number of hydrogen-bond donors (Lipinski definition) is 0. The molecule has 2 aromatic carbocycles. The molecule has 0 radical (unpaired) electrons. The summed E-state index contributed by atoms with van der Waals surface area (Å²) in [5, 5.41) is 0.888. The van der Waals surface area contributed by atoms with Gasteiger partial charge in [0.05, 0.1) is 6.61 Å². The van der Waals surface area contributed by atoms with Crippen LogP contribution in [0.5, 0.6) is 5.75 Å². The van der Waals surface area contributed by atoms with E-state index in [9.17, 15) is 0 Å². The lowest BCUT2D eigenvalue weighted by Crippen LogP contribution is -2.03. The van der Waals surface area contributed by atoms with Gasteiger partial charge in [0.1, 0.15) is 5.75 Å². The average Bonchev–Trinajstić information content (AvgIpc) is 2.46. The van der Waals surface area contributed by atoms with Crippen LogP contribution in [0.1, 0.15) is 16.7 Å². The molecule has 1 nitrogen and oxygen atoms in total. The van der Waals surface area contributed by atoms with Crippen molar-refractivity contribution in [1.29, 1.82) is 0 Å². The van der Waals surface area contributed by atoms with Crippen LogP contribution in [0.3, 0.4) is 0 Å². The van der Waals surface area contributed by atoms with Gasteiger partial charge in [0.15, 0.2) is 0 Å². The molecular formula is C17H19BrOS. The third-order valence-electron chi connectivity index (χ3n) is 3.02. The molecule has 2 rings (SSSR count). The monoisotopic (exact) mass is 350 g/mol. The third kappa shape index (κ3) is 4.29. The van der Waals surface area contributed by atoms with Gasteiger partial charge in [-0.25, -0.2) is 0 Å². The van der Waals surface area contributed by atoms with E-state index in [4.69, 9.17) is 4.74 Å². The van der Waals surface area contributed by atoms with Crippen molar-refractivity contribution in [2.45, 2.75) is 24.1 Å². The van der Waals surface area contributed by atoms with E-state index in [-0.39, 0.29) is 0 Å². The van der Waals surface area contributed by atoms with Crippen molar-refractivity contribution in [2.24, 2.45) is 0 Å². The Morgan fingerprint density at radius 3 is 2.30 bits per heavy atom. The van der Waals surface area contributed by atoms with Crippen LogP contribution in [0.2, 0.25) is 0 Å². The van der Waals surface area contributed by atoms with Gasteiger partial charge in [-0.05, 0) is 42.7 Å². The maximum absolute atomic E-state index is 5.95. The SMILES string of the molecule is Cc1cc(CBr)cc(C)c1OCCSc1ccccc1. The molecule has 0 spiro atoms. The molecule has 0 saturated carbocycles. The Kier molecular flexibility index (Phi) is 5.99. The number of hydrogen-bond acceptors (Lipinski definition) is 2. The van der Waals surface area contributed by atoms with Crippen molar-refractivity contribution in [3.63, 3.8) is 0 Å². The Hall–Kier alpha value is -0.930. The summed E-state index contributed by atoms with van der Waals surface area (Å²) in [4.78, 5) is 1.29. The number of rotatable bonds is 6. The van der Waals surface area contributed by atoms with Gasteiger partial charge in [-0.2, -0.15) is 0 Å². The van der Waals surface area contributed by atoms with Crippen LogP contribution in [-0.2, 0) is 5.33 Å². The highest BCUT2D eigenvalue weighted by atomic mass is 79.9. The van der Waals surface area contributed by atoms with E-state index in [1.807, 2.05) is 17.8 Å². The van der Waals surface area contributed by atoms with Crippen LogP contribution in [0.15, 0.2) is 47.4 Å². The van der Waals surface area contributed by atoms with E-state index >= 15 is 0 Å². The standard InChI is InChI=1S/C17H19BrOS/c1-13-10-15(12-18)11-14(2)17(13)19-8-9-20-16-6-4-3-5-7-16/h3-7,10-11H,8-9,12H2,1-2H3. The van der Waals surface area contributed by atoms with Crippen molar-refractivity contribution in [1.82, 2.24) is 0 Å². The Balaban J connectivity index is 1.88. The molecule has 3 heteroatoms. The second-order valence-corrected chi connectivity index (χ2v) is 6.43. The highest BCUT2D eigenvalue weighted by Crippen LogP contribution is 2.26. The van der Waals surface area contributed by atoms with Gasteiger partial charge < -0.3 is 4.74 Å². The van der Waals surface area contributed by atoms with Gasteiger partial charge >= 0.3 is 0 Å². The van der Waals surface area contributed by atoms with Crippen molar-refractivity contribution in [2.75, 3.05) is 12.4 Å². The lowest BCUT2D eigenvalue weighted by Gasteiger charge is -2.13. The molecule has 0 saturated heterocycles. The zero-order valence-corrected chi connectivity index (χ0v) is 14.3. The van der Waals surface area contributed by atoms with Crippen LogP contribution in [0, 0.1) is 13.8 Å². The molecule has 0 aliphatic carbocycles. The lowest BCUT2D eigenvalue weighted by molar-refractivity contribution is 0.339. The second-order valence-electron chi connectivity index (χ2n) is 4.70. The normalized spacial score (nSPS) is 10.6.